The highest BCUT2D eigenvalue weighted by Gasteiger charge is 2.26. The first-order valence-electron chi connectivity index (χ1n) is 8.10. The topological polar surface area (TPSA) is 69.6 Å². The van der Waals surface area contributed by atoms with E-state index in [-0.39, 0.29) is 22.4 Å². The summed E-state index contributed by atoms with van der Waals surface area (Å²) < 4.78 is 13.2. The SMILES string of the molecule is CCN1CCC(CC(=O)N[C@@H](C(=O)O)c2ccc(F)c(Cl)c2)CC1. The van der Waals surface area contributed by atoms with Crippen LogP contribution in [0.15, 0.2) is 18.2 Å². The Morgan fingerprint density at radius 1 is 1.42 bits per heavy atom. The zero-order chi connectivity index (χ0) is 17.7. The van der Waals surface area contributed by atoms with Gasteiger partial charge in [0.2, 0.25) is 5.91 Å². The van der Waals surface area contributed by atoms with Crippen LogP contribution >= 0.6 is 11.6 Å². The number of hydrogen-bond donors (Lipinski definition) is 2. The molecular formula is C17H22ClFN2O3. The first kappa shape index (κ1) is 18.7. The van der Waals surface area contributed by atoms with Crippen molar-refractivity contribution >= 4 is 23.5 Å². The number of carboxylic acid groups (broad SMARTS) is 1. The summed E-state index contributed by atoms with van der Waals surface area (Å²) in [6.45, 7) is 5.04. The zero-order valence-electron chi connectivity index (χ0n) is 13.6. The lowest BCUT2D eigenvalue weighted by atomic mass is 9.93. The van der Waals surface area contributed by atoms with E-state index in [1.54, 1.807) is 0 Å². The van der Waals surface area contributed by atoms with Crippen molar-refractivity contribution in [3.05, 3.63) is 34.6 Å². The van der Waals surface area contributed by atoms with Gasteiger partial charge in [0.05, 0.1) is 5.02 Å². The third-order valence-electron chi connectivity index (χ3n) is 4.46. The van der Waals surface area contributed by atoms with E-state index in [0.717, 1.165) is 38.5 Å². The van der Waals surface area contributed by atoms with Gasteiger partial charge in [0.1, 0.15) is 5.82 Å². The summed E-state index contributed by atoms with van der Waals surface area (Å²) in [5.41, 5.74) is 0.253. The number of benzene rings is 1. The molecule has 24 heavy (non-hydrogen) atoms. The van der Waals surface area contributed by atoms with E-state index < -0.39 is 17.8 Å². The number of piperidine rings is 1. The molecule has 1 atom stereocenters. The van der Waals surface area contributed by atoms with Gasteiger partial charge in [-0.15, -0.1) is 0 Å². The molecule has 2 N–H and O–H groups in total. The summed E-state index contributed by atoms with van der Waals surface area (Å²) in [6, 6.07) is 2.42. The van der Waals surface area contributed by atoms with Gasteiger partial charge in [0.25, 0.3) is 0 Å². The van der Waals surface area contributed by atoms with Gasteiger partial charge in [0, 0.05) is 6.42 Å². The highest BCUT2D eigenvalue weighted by Crippen LogP contribution is 2.23. The monoisotopic (exact) mass is 356 g/mol. The fourth-order valence-electron chi connectivity index (χ4n) is 2.97. The molecule has 7 heteroatoms. The lowest BCUT2D eigenvalue weighted by Gasteiger charge is -2.30. The molecule has 1 aliphatic rings. The van der Waals surface area contributed by atoms with Gasteiger partial charge in [-0.3, -0.25) is 4.79 Å². The molecule has 0 aromatic heterocycles. The van der Waals surface area contributed by atoms with Crippen molar-refractivity contribution in [3.63, 3.8) is 0 Å². The van der Waals surface area contributed by atoms with E-state index >= 15 is 0 Å². The first-order chi connectivity index (χ1) is 11.4. The molecular weight excluding hydrogens is 335 g/mol. The van der Waals surface area contributed by atoms with Crippen LogP contribution in [-0.2, 0) is 9.59 Å². The maximum atomic E-state index is 13.2. The van der Waals surface area contributed by atoms with Crippen LogP contribution in [0.4, 0.5) is 4.39 Å². The molecule has 0 unspecified atom stereocenters. The average Bonchev–Trinajstić information content (AvgIpc) is 2.56. The number of carbonyl (C=O) groups is 2. The molecule has 5 nitrogen and oxygen atoms in total. The number of carbonyl (C=O) groups excluding carboxylic acids is 1. The van der Waals surface area contributed by atoms with Crippen molar-refractivity contribution in [2.75, 3.05) is 19.6 Å². The van der Waals surface area contributed by atoms with E-state index in [9.17, 15) is 19.1 Å². The number of aliphatic carboxylic acids is 1. The molecule has 1 fully saturated rings. The number of likely N-dealkylation sites (tertiary alicyclic amines) is 1. The van der Waals surface area contributed by atoms with Crippen molar-refractivity contribution in [2.24, 2.45) is 5.92 Å². The number of nitrogens with one attached hydrogen (secondary N) is 1. The Hall–Kier alpha value is -1.66. The van der Waals surface area contributed by atoms with E-state index in [4.69, 9.17) is 11.6 Å². The van der Waals surface area contributed by atoms with Gasteiger partial charge in [-0.05, 0) is 56.1 Å². The number of hydrogen-bond acceptors (Lipinski definition) is 3. The minimum absolute atomic E-state index is 0.167. The summed E-state index contributed by atoms with van der Waals surface area (Å²) in [5.74, 6) is -1.87. The minimum atomic E-state index is -1.23. The Kier molecular flexibility index (Phi) is 6.57. The van der Waals surface area contributed by atoms with Crippen LogP contribution in [0.2, 0.25) is 5.02 Å². The van der Waals surface area contributed by atoms with Crippen LogP contribution < -0.4 is 5.32 Å². The van der Waals surface area contributed by atoms with Crippen molar-refractivity contribution in [3.8, 4) is 0 Å². The molecule has 132 valence electrons. The third kappa shape index (κ3) is 4.92. The summed E-state index contributed by atoms with van der Waals surface area (Å²) in [6.07, 6.45) is 2.17. The van der Waals surface area contributed by atoms with Gasteiger partial charge in [0.15, 0.2) is 6.04 Å². The third-order valence-corrected chi connectivity index (χ3v) is 4.75. The Labute approximate surface area is 145 Å². The van der Waals surface area contributed by atoms with Crippen LogP contribution in [0, 0.1) is 11.7 Å². The molecule has 1 aromatic carbocycles. The van der Waals surface area contributed by atoms with Crippen molar-refractivity contribution in [2.45, 2.75) is 32.2 Å². The Bertz CT molecular complexity index is 603. The molecule has 1 aromatic rings. The quantitative estimate of drug-likeness (QED) is 0.822. The van der Waals surface area contributed by atoms with Gasteiger partial charge in [-0.2, -0.15) is 0 Å². The summed E-state index contributed by atoms with van der Waals surface area (Å²) in [5, 5.41) is 11.7. The Morgan fingerprint density at radius 3 is 2.62 bits per heavy atom. The van der Waals surface area contributed by atoms with E-state index in [1.807, 2.05) is 0 Å². The lowest BCUT2D eigenvalue weighted by molar-refractivity contribution is -0.142. The molecule has 1 aliphatic heterocycles. The smallest absolute Gasteiger partial charge is 0.330 e. The second-order valence-electron chi connectivity index (χ2n) is 6.09. The number of nitrogens with zero attached hydrogens (tertiary/aromatic N) is 1. The van der Waals surface area contributed by atoms with E-state index in [0.29, 0.717) is 6.42 Å². The maximum Gasteiger partial charge on any atom is 0.330 e. The second-order valence-corrected chi connectivity index (χ2v) is 6.50. The molecule has 0 radical (unpaired) electrons. The van der Waals surface area contributed by atoms with Crippen molar-refractivity contribution < 1.29 is 19.1 Å². The van der Waals surface area contributed by atoms with Gasteiger partial charge >= 0.3 is 5.97 Å². The number of carboxylic acids is 1. The molecule has 0 saturated carbocycles. The minimum Gasteiger partial charge on any atom is -0.479 e. The highest BCUT2D eigenvalue weighted by molar-refractivity contribution is 6.30. The fraction of sp³-hybridized carbons (Fsp3) is 0.529. The number of rotatable bonds is 6. The summed E-state index contributed by atoms with van der Waals surface area (Å²) in [7, 11) is 0. The van der Waals surface area contributed by atoms with Crippen LogP contribution in [0.1, 0.15) is 37.8 Å². The molecule has 0 bridgehead atoms. The average molecular weight is 357 g/mol. The Balaban J connectivity index is 1.96. The second kappa shape index (κ2) is 8.44. The Morgan fingerprint density at radius 2 is 2.08 bits per heavy atom. The molecule has 1 heterocycles. The zero-order valence-corrected chi connectivity index (χ0v) is 14.4. The van der Waals surface area contributed by atoms with Gasteiger partial charge in [-0.25, -0.2) is 9.18 Å². The molecule has 0 spiro atoms. The predicted octanol–water partition coefficient (Wildman–Crippen LogP) is 2.84. The van der Waals surface area contributed by atoms with Crippen LogP contribution in [0.3, 0.4) is 0 Å². The van der Waals surface area contributed by atoms with E-state index in [2.05, 4.69) is 17.1 Å². The maximum absolute atomic E-state index is 13.2. The first-order valence-corrected chi connectivity index (χ1v) is 8.48. The molecule has 0 aliphatic carbocycles. The van der Waals surface area contributed by atoms with Crippen LogP contribution in [-0.4, -0.2) is 41.5 Å². The van der Waals surface area contributed by atoms with Crippen molar-refractivity contribution in [1.82, 2.24) is 10.2 Å². The van der Waals surface area contributed by atoms with Crippen LogP contribution in [0.5, 0.6) is 0 Å². The van der Waals surface area contributed by atoms with Crippen LogP contribution in [0.25, 0.3) is 0 Å². The number of halogens is 2. The molecule has 2 rings (SSSR count). The fourth-order valence-corrected chi connectivity index (χ4v) is 3.16. The van der Waals surface area contributed by atoms with Gasteiger partial charge in [-0.1, -0.05) is 24.6 Å². The molecule has 1 saturated heterocycles. The van der Waals surface area contributed by atoms with E-state index in [1.165, 1.54) is 12.1 Å². The standard InChI is InChI=1S/C17H22ClFN2O3/c1-2-21-7-5-11(6-8-21)9-15(22)20-16(17(23)24)12-3-4-14(19)13(18)10-12/h3-4,10-11,16H,2,5-9H2,1H3,(H,20,22)(H,23,24)/t16-/m1/s1. The largest absolute Gasteiger partial charge is 0.479 e. The van der Waals surface area contributed by atoms with Crippen molar-refractivity contribution in [1.29, 1.82) is 0 Å². The molecule has 1 amide bonds. The highest BCUT2D eigenvalue weighted by atomic mass is 35.5. The predicted molar refractivity (Wildman–Crippen MR) is 89.4 cm³/mol. The normalized spacial score (nSPS) is 17.5. The number of amides is 1. The lowest BCUT2D eigenvalue weighted by Crippen LogP contribution is -2.38. The summed E-state index contributed by atoms with van der Waals surface area (Å²) >= 11 is 5.70. The van der Waals surface area contributed by atoms with Gasteiger partial charge < -0.3 is 15.3 Å². The summed E-state index contributed by atoms with van der Waals surface area (Å²) in [4.78, 5) is 26.0.